The zero-order chi connectivity index (χ0) is 25.8. The van der Waals surface area contributed by atoms with Crippen molar-refractivity contribution in [3.8, 4) is 0 Å². The summed E-state index contributed by atoms with van der Waals surface area (Å²) in [6, 6.07) is 13.0. The Kier molecular flexibility index (Phi) is 7.91. The number of primary amides is 1. The first kappa shape index (κ1) is 25.7. The molecule has 192 valence electrons. The van der Waals surface area contributed by atoms with Crippen molar-refractivity contribution in [3.05, 3.63) is 71.0 Å². The lowest BCUT2D eigenvalue weighted by Crippen LogP contribution is -2.42. The van der Waals surface area contributed by atoms with E-state index in [4.69, 9.17) is 5.73 Å². The van der Waals surface area contributed by atoms with Crippen LogP contribution in [0.4, 0.5) is 9.18 Å². The van der Waals surface area contributed by atoms with E-state index in [0.29, 0.717) is 18.2 Å². The van der Waals surface area contributed by atoms with Crippen LogP contribution in [0.3, 0.4) is 0 Å². The van der Waals surface area contributed by atoms with Gasteiger partial charge < -0.3 is 20.9 Å². The van der Waals surface area contributed by atoms with Gasteiger partial charge in [-0.25, -0.2) is 9.18 Å². The van der Waals surface area contributed by atoms with Crippen LogP contribution in [0.5, 0.6) is 0 Å². The van der Waals surface area contributed by atoms with Gasteiger partial charge in [-0.05, 0) is 60.4 Å². The normalized spacial score (nSPS) is 20.3. The molecule has 3 N–H and O–H groups in total. The standard InChI is InChI=1S/C28H35FN4O3/c1-32(2)28(36)33(22-15-16-22)17-18-7-9-19(10-8-18)23-5-3-4-6-24(23)27(35)31-25(26(30)34)20-11-13-21(29)14-12-20/h7-14,22-25H,3-6,15-17H2,1-2H3,(H2,30,34)(H,31,35)/t23-,24+,25-/m0/s1. The van der Waals surface area contributed by atoms with Crippen molar-refractivity contribution in [2.24, 2.45) is 11.7 Å². The van der Waals surface area contributed by atoms with Gasteiger partial charge in [0.05, 0.1) is 0 Å². The highest BCUT2D eigenvalue weighted by atomic mass is 19.1. The topological polar surface area (TPSA) is 95.7 Å². The zero-order valence-corrected chi connectivity index (χ0v) is 21.0. The van der Waals surface area contributed by atoms with Crippen molar-refractivity contribution in [2.75, 3.05) is 14.1 Å². The van der Waals surface area contributed by atoms with E-state index < -0.39 is 17.8 Å². The lowest BCUT2D eigenvalue weighted by Gasteiger charge is -2.32. The number of nitrogens with one attached hydrogen (secondary N) is 1. The Morgan fingerprint density at radius 1 is 0.972 bits per heavy atom. The Bertz CT molecular complexity index is 1080. The summed E-state index contributed by atoms with van der Waals surface area (Å²) in [6.07, 6.45) is 5.65. The van der Waals surface area contributed by atoms with Gasteiger partial charge in [-0.2, -0.15) is 0 Å². The van der Waals surface area contributed by atoms with E-state index in [1.165, 1.54) is 24.3 Å². The molecule has 7 nitrogen and oxygen atoms in total. The Hall–Kier alpha value is -3.42. The molecular formula is C28H35FN4O3. The smallest absolute Gasteiger partial charge is 0.320 e. The second kappa shape index (κ2) is 11.1. The molecule has 4 rings (SSSR count). The third-order valence-electron chi connectivity index (χ3n) is 7.25. The van der Waals surface area contributed by atoms with Crippen molar-refractivity contribution < 1.29 is 18.8 Å². The number of hydrogen-bond donors (Lipinski definition) is 2. The van der Waals surface area contributed by atoms with Crippen LogP contribution in [-0.2, 0) is 16.1 Å². The number of hydrogen-bond acceptors (Lipinski definition) is 3. The Morgan fingerprint density at radius 2 is 1.61 bits per heavy atom. The average molecular weight is 495 g/mol. The number of urea groups is 1. The lowest BCUT2D eigenvalue weighted by molar-refractivity contribution is -0.131. The van der Waals surface area contributed by atoms with Crippen LogP contribution in [0.1, 0.15) is 67.2 Å². The fourth-order valence-electron chi connectivity index (χ4n) is 5.13. The molecule has 0 aromatic heterocycles. The average Bonchev–Trinajstić information content (AvgIpc) is 3.71. The molecule has 2 aromatic carbocycles. The predicted octanol–water partition coefficient (Wildman–Crippen LogP) is 4.09. The molecule has 2 saturated carbocycles. The highest BCUT2D eigenvalue weighted by Crippen LogP contribution is 2.38. The molecule has 0 bridgehead atoms. The number of benzene rings is 2. The minimum absolute atomic E-state index is 0.0238. The minimum atomic E-state index is -1.01. The minimum Gasteiger partial charge on any atom is -0.368 e. The molecular weight excluding hydrogens is 459 g/mol. The maximum absolute atomic E-state index is 13.3. The van der Waals surface area contributed by atoms with Crippen LogP contribution in [0, 0.1) is 11.7 Å². The number of carbonyl (C=O) groups excluding carboxylic acids is 3. The van der Waals surface area contributed by atoms with E-state index in [1.807, 2.05) is 17.0 Å². The molecule has 3 atom stereocenters. The first-order valence-corrected chi connectivity index (χ1v) is 12.7. The van der Waals surface area contributed by atoms with E-state index in [9.17, 15) is 18.8 Å². The summed E-state index contributed by atoms with van der Waals surface area (Å²) in [5.41, 5.74) is 8.17. The van der Waals surface area contributed by atoms with Crippen molar-refractivity contribution >= 4 is 17.8 Å². The molecule has 0 saturated heterocycles. The summed E-state index contributed by atoms with van der Waals surface area (Å²) in [4.78, 5) is 41.5. The van der Waals surface area contributed by atoms with Gasteiger partial charge in [-0.15, -0.1) is 0 Å². The van der Waals surface area contributed by atoms with E-state index in [-0.39, 0.29) is 23.8 Å². The van der Waals surface area contributed by atoms with Crippen LogP contribution < -0.4 is 11.1 Å². The molecule has 4 amide bonds. The van der Waals surface area contributed by atoms with Gasteiger partial charge in [0.2, 0.25) is 11.8 Å². The van der Waals surface area contributed by atoms with Crippen molar-refractivity contribution in [3.63, 3.8) is 0 Å². The molecule has 2 aliphatic carbocycles. The van der Waals surface area contributed by atoms with E-state index in [1.54, 1.807) is 19.0 Å². The van der Waals surface area contributed by atoms with Gasteiger partial charge >= 0.3 is 6.03 Å². The summed E-state index contributed by atoms with van der Waals surface area (Å²) in [6.45, 7) is 0.564. The molecule has 8 heteroatoms. The fraction of sp³-hybridized carbons (Fsp3) is 0.464. The summed E-state index contributed by atoms with van der Waals surface area (Å²) in [5.74, 6) is -1.58. The van der Waals surface area contributed by atoms with Gasteiger partial charge in [0.1, 0.15) is 11.9 Å². The molecule has 2 fully saturated rings. The number of halogens is 1. The summed E-state index contributed by atoms with van der Waals surface area (Å²) in [7, 11) is 3.54. The quantitative estimate of drug-likeness (QED) is 0.579. The molecule has 36 heavy (non-hydrogen) atoms. The van der Waals surface area contributed by atoms with E-state index >= 15 is 0 Å². The van der Waals surface area contributed by atoms with Gasteiger partial charge in [0.25, 0.3) is 0 Å². The lowest BCUT2D eigenvalue weighted by atomic mass is 9.74. The maximum Gasteiger partial charge on any atom is 0.320 e. The Balaban J connectivity index is 1.47. The van der Waals surface area contributed by atoms with Gasteiger partial charge in [-0.3, -0.25) is 9.59 Å². The van der Waals surface area contributed by atoms with E-state index in [2.05, 4.69) is 17.4 Å². The fourth-order valence-corrected chi connectivity index (χ4v) is 5.13. The number of nitrogens with two attached hydrogens (primary N) is 1. The van der Waals surface area contributed by atoms with Crippen LogP contribution in [0.25, 0.3) is 0 Å². The van der Waals surface area contributed by atoms with Crippen LogP contribution >= 0.6 is 0 Å². The molecule has 2 aromatic rings. The zero-order valence-electron chi connectivity index (χ0n) is 21.0. The molecule has 0 unspecified atom stereocenters. The molecule has 0 aliphatic heterocycles. The van der Waals surface area contributed by atoms with Crippen LogP contribution in [0.15, 0.2) is 48.5 Å². The second-order valence-electron chi connectivity index (χ2n) is 10.2. The monoisotopic (exact) mass is 494 g/mol. The van der Waals surface area contributed by atoms with Crippen molar-refractivity contribution in [2.45, 2.75) is 63.1 Å². The first-order chi connectivity index (χ1) is 17.2. The maximum atomic E-state index is 13.3. The first-order valence-electron chi connectivity index (χ1n) is 12.7. The van der Waals surface area contributed by atoms with Crippen molar-refractivity contribution in [1.82, 2.24) is 15.1 Å². The summed E-state index contributed by atoms with van der Waals surface area (Å²) >= 11 is 0. The molecule has 0 radical (unpaired) electrons. The third-order valence-corrected chi connectivity index (χ3v) is 7.25. The third kappa shape index (κ3) is 6.04. The molecule has 2 aliphatic rings. The highest BCUT2D eigenvalue weighted by Gasteiger charge is 2.35. The van der Waals surface area contributed by atoms with Gasteiger partial charge in [-0.1, -0.05) is 49.2 Å². The second-order valence-corrected chi connectivity index (χ2v) is 10.2. The van der Waals surface area contributed by atoms with Crippen LogP contribution in [-0.4, -0.2) is 47.8 Å². The summed E-state index contributed by atoms with van der Waals surface area (Å²) in [5, 5.41) is 2.82. The van der Waals surface area contributed by atoms with E-state index in [0.717, 1.165) is 49.7 Å². The molecule has 0 heterocycles. The largest absolute Gasteiger partial charge is 0.368 e. The summed E-state index contributed by atoms with van der Waals surface area (Å²) < 4.78 is 13.3. The van der Waals surface area contributed by atoms with Gasteiger partial charge in [0.15, 0.2) is 0 Å². The van der Waals surface area contributed by atoms with Crippen LogP contribution in [0.2, 0.25) is 0 Å². The number of carbonyl (C=O) groups is 3. The number of amides is 4. The Morgan fingerprint density at radius 3 is 2.19 bits per heavy atom. The van der Waals surface area contributed by atoms with Gasteiger partial charge in [0, 0.05) is 32.6 Å². The van der Waals surface area contributed by atoms with Crippen molar-refractivity contribution in [1.29, 1.82) is 0 Å². The highest BCUT2D eigenvalue weighted by molar-refractivity contribution is 5.89. The number of rotatable bonds is 8. The SMILES string of the molecule is CN(C)C(=O)N(Cc1ccc([C@@H]2CCCC[C@H]2C(=O)N[C@H](C(N)=O)c2ccc(F)cc2)cc1)C1CC1. The number of nitrogens with zero attached hydrogens (tertiary/aromatic N) is 2. The predicted molar refractivity (Wildman–Crippen MR) is 135 cm³/mol. The molecule has 0 spiro atoms. The Labute approximate surface area is 211 Å².